The highest BCUT2D eigenvalue weighted by molar-refractivity contribution is 5.70. The minimum absolute atomic E-state index is 0.0966. The number of hydrogen-bond donors (Lipinski definition) is 0. The molecule has 1 aliphatic rings. The predicted octanol–water partition coefficient (Wildman–Crippen LogP) is 4.53. The quantitative estimate of drug-likeness (QED) is 0.775. The molecule has 1 heterocycles. The second kappa shape index (κ2) is 8.09. The third-order valence-electron chi connectivity index (χ3n) is 5.23. The van der Waals surface area contributed by atoms with Gasteiger partial charge in [-0.15, -0.1) is 0 Å². The maximum atomic E-state index is 13.9. The summed E-state index contributed by atoms with van der Waals surface area (Å²) < 4.78 is 19.3. The number of fused-ring (bicyclic) bond motifs is 1. The molecule has 0 aliphatic carbocycles. The van der Waals surface area contributed by atoms with Gasteiger partial charge in [0.05, 0.1) is 0 Å². The molecule has 0 fully saturated rings. The molecule has 2 aromatic carbocycles. The maximum absolute atomic E-state index is 13.9. The highest BCUT2D eigenvalue weighted by Gasteiger charge is 2.25. The van der Waals surface area contributed by atoms with E-state index in [-0.39, 0.29) is 11.9 Å². The fourth-order valence-corrected chi connectivity index (χ4v) is 3.44. The van der Waals surface area contributed by atoms with Gasteiger partial charge in [0.1, 0.15) is 11.6 Å². The number of benzene rings is 2. The summed E-state index contributed by atoms with van der Waals surface area (Å²) >= 11 is 0. The summed E-state index contributed by atoms with van der Waals surface area (Å²) in [6, 6.07) is 11.7. The largest absolute Gasteiger partial charge is 0.414 e. The first-order valence-corrected chi connectivity index (χ1v) is 9.34. The highest BCUT2D eigenvalue weighted by Crippen LogP contribution is 2.28. The fourth-order valence-electron chi connectivity index (χ4n) is 3.44. The summed E-state index contributed by atoms with van der Waals surface area (Å²) in [7, 11) is 3.33. The van der Waals surface area contributed by atoms with Gasteiger partial charge >= 0.3 is 6.09 Å². The van der Waals surface area contributed by atoms with Crippen LogP contribution in [0.3, 0.4) is 0 Å². The van der Waals surface area contributed by atoms with E-state index < -0.39 is 0 Å². The van der Waals surface area contributed by atoms with E-state index in [2.05, 4.69) is 17.9 Å². The molecule has 144 valence electrons. The second-order valence-electron chi connectivity index (χ2n) is 7.53. The fraction of sp³-hybridized carbons (Fsp3) is 0.409. The van der Waals surface area contributed by atoms with Crippen LogP contribution in [0.5, 0.6) is 5.75 Å². The maximum Gasteiger partial charge on any atom is 0.414 e. The van der Waals surface area contributed by atoms with Crippen molar-refractivity contribution >= 4 is 6.09 Å². The van der Waals surface area contributed by atoms with Crippen molar-refractivity contribution in [1.29, 1.82) is 0 Å². The molecule has 0 unspecified atom stereocenters. The van der Waals surface area contributed by atoms with Crippen molar-refractivity contribution in [2.24, 2.45) is 0 Å². The predicted molar refractivity (Wildman–Crippen MR) is 104 cm³/mol. The lowest BCUT2D eigenvalue weighted by Crippen LogP contribution is -2.28. The number of ether oxygens (including phenoxy) is 1. The van der Waals surface area contributed by atoms with Crippen LogP contribution in [-0.4, -0.2) is 36.0 Å². The molecule has 1 atom stereocenters. The van der Waals surface area contributed by atoms with Crippen molar-refractivity contribution in [2.45, 2.75) is 45.8 Å². The second-order valence-corrected chi connectivity index (χ2v) is 7.53. The molecular formula is C22H27FN2O2. The molecular weight excluding hydrogens is 343 g/mol. The third-order valence-corrected chi connectivity index (χ3v) is 5.23. The molecule has 4 nitrogen and oxygen atoms in total. The minimum atomic E-state index is -0.375. The van der Waals surface area contributed by atoms with Gasteiger partial charge in [-0.1, -0.05) is 24.3 Å². The van der Waals surface area contributed by atoms with Crippen LogP contribution in [-0.2, 0) is 19.5 Å². The minimum Gasteiger partial charge on any atom is -0.410 e. The van der Waals surface area contributed by atoms with Gasteiger partial charge in [0.15, 0.2) is 0 Å². The van der Waals surface area contributed by atoms with E-state index in [9.17, 15) is 9.18 Å². The molecule has 1 amide bonds. The van der Waals surface area contributed by atoms with E-state index in [0.29, 0.717) is 18.3 Å². The lowest BCUT2D eigenvalue weighted by atomic mass is 10.0. The number of hydrogen-bond acceptors (Lipinski definition) is 3. The van der Waals surface area contributed by atoms with Crippen LogP contribution in [0.25, 0.3) is 0 Å². The van der Waals surface area contributed by atoms with Crippen molar-refractivity contribution in [1.82, 2.24) is 9.80 Å². The summed E-state index contributed by atoms with van der Waals surface area (Å²) in [5, 5.41) is 0. The Morgan fingerprint density at radius 1 is 1.26 bits per heavy atom. The zero-order valence-electron chi connectivity index (χ0n) is 16.5. The molecule has 0 saturated heterocycles. The van der Waals surface area contributed by atoms with Gasteiger partial charge in [-0.05, 0) is 55.5 Å². The molecule has 27 heavy (non-hydrogen) atoms. The van der Waals surface area contributed by atoms with E-state index in [1.165, 1.54) is 10.5 Å². The van der Waals surface area contributed by atoms with Gasteiger partial charge in [0.2, 0.25) is 0 Å². The van der Waals surface area contributed by atoms with E-state index in [0.717, 1.165) is 36.1 Å². The third kappa shape index (κ3) is 4.48. The van der Waals surface area contributed by atoms with Crippen LogP contribution in [0.2, 0.25) is 0 Å². The van der Waals surface area contributed by atoms with Crippen LogP contribution in [0.15, 0.2) is 36.4 Å². The first-order chi connectivity index (χ1) is 12.8. The Morgan fingerprint density at radius 3 is 2.70 bits per heavy atom. The molecule has 1 aliphatic heterocycles. The Morgan fingerprint density at radius 2 is 2.04 bits per heavy atom. The van der Waals surface area contributed by atoms with Crippen LogP contribution >= 0.6 is 0 Å². The topological polar surface area (TPSA) is 32.8 Å². The molecule has 0 N–H and O–H groups in total. The Bertz CT molecular complexity index is 835. The van der Waals surface area contributed by atoms with Crippen LogP contribution < -0.4 is 4.74 Å². The van der Waals surface area contributed by atoms with Crippen molar-refractivity contribution < 1.29 is 13.9 Å². The Hall–Kier alpha value is -2.40. The summed E-state index contributed by atoms with van der Waals surface area (Å²) in [5.41, 5.74) is 4.11. The standard InChI is InChI=1S/C22H27FN2O2/c1-15-12-17(10-11-21(15)27-22(26)24(3)4)9-8-16(2)25-13-18-6-5-7-20(23)19(18)14-25/h5-7,10-12,16H,8-9,13-14H2,1-4H3/t16-/m1/s1. The molecule has 0 saturated carbocycles. The highest BCUT2D eigenvalue weighted by atomic mass is 19.1. The summed E-state index contributed by atoms with van der Waals surface area (Å²) in [6.07, 6.45) is 1.55. The van der Waals surface area contributed by atoms with Crippen LogP contribution in [0.1, 0.15) is 35.6 Å². The number of carbonyl (C=O) groups excluding carboxylic acids is 1. The monoisotopic (exact) mass is 370 g/mol. The average molecular weight is 370 g/mol. The van der Waals surface area contributed by atoms with Gasteiger partial charge in [-0.2, -0.15) is 0 Å². The van der Waals surface area contributed by atoms with Gasteiger partial charge in [0, 0.05) is 38.8 Å². The number of amides is 1. The Labute approximate surface area is 160 Å². The summed E-state index contributed by atoms with van der Waals surface area (Å²) in [6.45, 7) is 5.64. The van der Waals surface area contributed by atoms with Crippen LogP contribution in [0, 0.1) is 12.7 Å². The number of halogens is 1. The SMILES string of the molecule is Cc1cc(CC[C@@H](C)N2Cc3cccc(F)c3C2)ccc1OC(=O)N(C)C. The van der Waals surface area contributed by atoms with Crippen molar-refractivity contribution in [2.75, 3.05) is 14.1 Å². The van der Waals surface area contributed by atoms with Gasteiger partial charge in [0.25, 0.3) is 0 Å². The molecule has 0 radical (unpaired) electrons. The van der Waals surface area contributed by atoms with Gasteiger partial charge < -0.3 is 9.64 Å². The first kappa shape index (κ1) is 19.4. The number of aryl methyl sites for hydroxylation is 2. The van der Waals surface area contributed by atoms with E-state index in [1.807, 2.05) is 25.1 Å². The van der Waals surface area contributed by atoms with E-state index >= 15 is 0 Å². The first-order valence-electron chi connectivity index (χ1n) is 9.34. The summed E-state index contributed by atoms with van der Waals surface area (Å²) in [5.74, 6) is 0.497. The molecule has 0 aromatic heterocycles. The number of nitrogens with zero attached hydrogens (tertiary/aromatic N) is 2. The molecule has 2 aromatic rings. The van der Waals surface area contributed by atoms with E-state index in [4.69, 9.17) is 4.74 Å². The molecule has 0 bridgehead atoms. The number of rotatable bonds is 5. The lowest BCUT2D eigenvalue weighted by Gasteiger charge is -2.24. The average Bonchev–Trinajstić information content (AvgIpc) is 3.07. The van der Waals surface area contributed by atoms with Crippen molar-refractivity contribution in [3.05, 3.63) is 64.5 Å². The zero-order valence-corrected chi connectivity index (χ0v) is 16.5. The smallest absolute Gasteiger partial charge is 0.410 e. The zero-order chi connectivity index (χ0) is 19.6. The molecule has 5 heteroatoms. The Kier molecular flexibility index (Phi) is 5.80. The van der Waals surface area contributed by atoms with Crippen molar-refractivity contribution in [3.8, 4) is 5.75 Å². The molecule has 3 rings (SSSR count). The lowest BCUT2D eigenvalue weighted by molar-refractivity contribution is 0.171. The van der Waals surface area contributed by atoms with Gasteiger partial charge in [-0.3, -0.25) is 4.90 Å². The van der Waals surface area contributed by atoms with E-state index in [1.54, 1.807) is 26.2 Å². The molecule has 0 spiro atoms. The van der Waals surface area contributed by atoms with Gasteiger partial charge in [-0.25, -0.2) is 9.18 Å². The number of carbonyl (C=O) groups is 1. The normalized spacial score (nSPS) is 14.7. The Balaban J connectivity index is 1.57. The van der Waals surface area contributed by atoms with Crippen molar-refractivity contribution in [3.63, 3.8) is 0 Å². The summed E-state index contributed by atoms with van der Waals surface area (Å²) in [4.78, 5) is 15.4. The van der Waals surface area contributed by atoms with Crippen LogP contribution in [0.4, 0.5) is 9.18 Å².